The Labute approximate surface area is 125 Å². The topological polar surface area (TPSA) is 41.1 Å². The fraction of sp³-hybridized carbons (Fsp3) is 0.125. The minimum absolute atomic E-state index is 0.00701. The first-order valence-corrected chi connectivity index (χ1v) is 8.70. The van der Waals surface area contributed by atoms with Gasteiger partial charge in [0, 0.05) is 0 Å². The third kappa shape index (κ3) is 4.67. The van der Waals surface area contributed by atoms with Gasteiger partial charge in [-0.15, -0.1) is 0 Å². The van der Waals surface area contributed by atoms with Crippen LogP contribution in [0.2, 0.25) is 0 Å². The molecule has 20 heavy (non-hydrogen) atoms. The van der Waals surface area contributed by atoms with E-state index in [1.807, 2.05) is 42.5 Å². The van der Waals surface area contributed by atoms with Crippen molar-refractivity contribution in [3.63, 3.8) is 0 Å². The first kappa shape index (κ1) is 14.5. The summed E-state index contributed by atoms with van der Waals surface area (Å²) in [5.41, 5.74) is 2.02. The normalized spacial score (nSPS) is 10.2. The molecule has 2 aromatic carbocycles. The number of urea groups is 1. The molecule has 0 heterocycles. The number of anilines is 1. The summed E-state index contributed by atoms with van der Waals surface area (Å²) < 4.78 is 1.25. The second kappa shape index (κ2) is 7.66. The van der Waals surface area contributed by atoms with E-state index in [4.69, 9.17) is 0 Å². The molecule has 0 aliphatic rings. The first-order valence-electron chi connectivity index (χ1n) is 6.43. The van der Waals surface area contributed by atoms with E-state index in [-0.39, 0.29) is 21.3 Å². The van der Waals surface area contributed by atoms with E-state index in [1.165, 1.54) is 9.91 Å². The molecule has 0 bridgehead atoms. The second-order valence-corrected chi connectivity index (χ2v) is 6.07. The van der Waals surface area contributed by atoms with Gasteiger partial charge in [-0.25, -0.2) is 0 Å². The molecule has 4 heteroatoms. The Morgan fingerprint density at radius 1 is 1.05 bits per heavy atom. The van der Waals surface area contributed by atoms with Crippen molar-refractivity contribution in [3.05, 3.63) is 60.2 Å². The van der Waals surface area contributed by atoms with E-state index >= 15 is 0 Å². The predicted molar refractivity (Wildman–Crippen MR) is 86.1 cm³/mol. The zero-order valence-corrected chi connectivity index (χ0v) is 13.0. The van der Waals surface area contributed by atoms with Crippen LogP contribution in [0.3, 0.4) is 0 Å². The molecule has 0 atom stereocenters. The van der Waals surface area contributed by atoms with E-state index in [0.29, 0.717) is 6.54 Å². The Bertz CT molecular complexity index is 567. The van der Waals surface area contributed by atoms with Gasteiger partial charge in [-0.1, -0.05) is 6.07 Å². The third-order valence-electron chi connectivity index (χ3n) is 2.85. The molecule has 0 aliphatic carbocycles. The Morgan fingerprint density at radius 3 is 2.40 bits per heavy atom. The van der Waals surface area contributed by atoms with Crippen molar-refractivity contribution in [1.29, 1.82) is 0 Å². The number of benzene rings is 2. The van der Waals surface area contributed by atoms with Crippen LogP contribution in [0.4, 0.5) is 10.5 Å². The molecule has 0 saturated heterocycles. The summed E-state index contributed by atoms with van der Waals surface area (Å²) in [7, 11) is 0. The molecule has 0 aromatic heterocycles. The molecule has 0 unspecified atom stereocenters. The fourth-order valence-corrected chi connectivity index (χ4v) is 2.55. The summed E-state index contributed by atoms with van der Waals surface area (Å²) in [6.45, 7) is 0.622. The average molecular weight is 328 g/mol. The Morgan fingerprint density at radius 2 is 1.75 bits per heavy atom. The van der Waals surface area contributed by atoms with Crippen LogP contribution in [0, 0.1) is 0 Å². The number of hydrogen-bond acceptors (Lipinski definition) is 1. The quantitative estimate of drug-likeness (QED) is 0.808. The van der Waals surface area contributed by atoms with Gasteiger partial charge in [0.25, 0.3) is 0 Å². The number of rotatable bonds is 5. The van der Waals surface area contributed by atoms with Gasteiger partial charge in [0.2, 0.25) is 0 Å². The maximum absolute atomic E-state index is 11.7. The molecule has 3 nitrogen and oxygen atoms in total. The van der Waals surface area contributed by atoms with Crippen molar-refractivity contribution in [1.82, 2.24) is 5.32 Å². The van der Waals surface area contributed by atoms with E-state index in [2.05, 4.69) is 28.1 Å². The van der Waals surface area contributed by atoms with Crippen LogP contribution >= 0.6 is 0 Å². The van der Waals surface area contributed by atoms with Crippen molar-refractivity contribution in [2.75, 3.05) is 11.9 Å². The van der Waals surface area contributed by atoms with E-state index in [9.17, 15) is 4.79 Å². The molecule has 0 spiro atoms. The first-order chi connectivity index (χ1) is 9.78. The van der Waals surface area contributed by atoms with Crippen LogP contribution in [-0.4, -0.2) is 33.2 Å². The number of nitrogens with one attached hydrogen (secondary N) is 2. The van der Waals surface area contributed by atoms with Gasteiger partial charge in [0.1, 0.15) is 0 Å². The van der Waals surface area contributed by atoms with Gasteiger partial charge in [-0.2, -0.15) is 0 Å². The van der Waals surface area contributed by atoms with Crippen molar-refractivity contribution in [3.8, 4) is 0 Å². The van der Waals surface area contributed by atoms with Crippen LogP contribution in [0.15, 0.2) is 54.6 Å². The zero-order valence-electron chi connectivity index (χ0n) is 11.2. The summed E-state index contributed by atoms with van der Waals surface area (Å²) >= 11 is -0.00701. The van der Waals surface area contributed by atoms with Gasteiger partial charge in [0.05, 0.1) is 0 Å². The second-order valence-electron chi connectivity index (χ2n) is 4.32. The molecule has 102 valence electrons. The number of carbonyl (C=O) groups is 1. The molecule has 2 aromatic rings. The predicted octanol–water partition coefficient (Wildman–Crippen LogP) is 1.81. The molecule has 2 N–H and O–H groups in total. The van der Waals surface area contributed by atoms with Crippen LogP contribution < -0.4 is 15.0 Å². The summed E-state index contributed by atoms with van der Waals surface area (Å²) in [5, 5.41) is 9.58. The number of carbonyl (C=O) groups excluding carboxylic acids is 1. The van der Waals surface area contributed by atoms with Crippen LogP contribution in [0.1, 0.15) is 5.56 Å². The summed E-state index contributed by atoms with van der Waals surface area (Å²) in [5.74, 6) is 0. The molecule has 0 radical (unpaired) electrons. The van der Waals surface area contributed by atoms with Crippen LogP contribution in [0.5, 0.6) is 0 Å². The zero-order chi connectivity index (χ0) is 14.2. The molecule has 0 saturated carbocycles. The van der Waals surface area contributed by atoms with Crippen molar-refractivity contribution in [2.45, 2.75) is 6.42 Å². The summed E-state index contributed by atoms with van der Waals surface area (Å²) in [6.07, 6.45) is 0.832. The van der Waals surface area contributed by atoms with Crippen LogP contribution in [-0.2, 0) is 6.42 Å². The van der Waals surface area contributed by atoms with E-state index < -0.39 is 0 Å². The Kier molecular flexibility index (Phi) is 5.57. The van der Waals surface area contributed by atoms with E-state index in [1.54, 1.807) is 0 Å². The maximum atomic E-state index is 11.7. The van der Waals surface area contributed by atoms with Gasteiger partial charge < -0.3 is 0 Å². The number of hydrogen-bond donors (Lipinski definition) is 2. The van der Waals surface area contributed by atoms with Gasteiger partial charge in [-0.05, 0) is 0 Å². The molecule has 0 fully saturated rings. The Hall–Kier alpha value is -1.86. The molecule has 2 amide bonds. The van der Waals surface area contributed by atoms with Crippen molar-refractivity contribution >= 4 is 36.7 Å². The van der Waals surface area contributed by atoms with E-state index in [0.717, 1.165) is 12.1 Å². The number of amides is 2. The van der Waals surface area contributed by atoms with Gasteiger partial charge in [0.15, 0.2) is 0 Å². The summed E-state index contributed by atoms with van der Waals surface area (Å²) in [4.78, 5) is 11.7. The van der Waals surface area contributed by atoms with Gasteiger partial charge >= 0.3 is 119 Å². The Balaban J connectivity index is 1.76. The third-order valence-corrected chi connectivity index (χ3v) is 4.24. The molecular weight excluding hydrogens is 311 g/mol. The van der Waals surface area contributed by atoms with Gasteiger partial charge in [-0.3, -0.25) is 0 Å². The van der Waals surface area contributed by atoms with Crippen LogP contribution in [0.25, 0.3) is 0 Å². The monoisotopic (exact) mass is 328 g/mol. The molecule has 0 aliphatic heterocycles. The standard InChI is InChI=1S/C16H17AsN2O/c1-17-14-7-9-15(10-8-14)19-16(20)18-12-11-13-5-3-2-4-6-13/h2-10H,1,11-12H2,(H2,18,19,20). The van der Waals surface area contributed by atoms with Crippen molar-refractivity contribution < 1.29 is 4.79 Å². The SMILES string of the molecule is C=[As]c1ccc(NC(=O)NCCc2ccccc2)cc1. The minimum atomic E-state index is -0.170. The summed E-state index contributed by atoms with van der Waals surface area (Å²) in [6, 6.07) is 17.8. The molecule has 2 rings (SSSR count). The average Bonchev–Trinajstić information content (AvgIpc) is 2.49. The van der Waals surface area contributed by atoms with Crippen molar-refractivity contribution in [2.24, 2.45) is 0 Å². The fourth-order valence-electron chi connectivity index (χ4n) is 1.79. The molecular formula is C16H17AsN2O.